The zero-order valence-corrected chi connectivity index (χ0v) is 14.6. The van der Waals surface area contributed by atoms with Crippen LogP contribution in [0.4, 0.5) is 0 Å². The van der Waals surface area contributed by atoms with Crippen molar-refractivity contribution in [2.24, 2.45) is 11.8 Å². The van der Waals surface area contributed by atoms with E-state index >= 15 is 0 Å². The van der Waals surface area contributed by atoms with Crippen LogP contribution in [0, 0.1) is 11.8 Å². The highest BCUT2D eigenvalue weighted by Crippen LogP contribution is 2.57. The Balaban J connectivity index is 1.93. The minimum Gasteiger partial charge on any atom is -0.459 e. The van der Waals surface area contributed by atoms with Gasteiger partial charge in [0.1, 0.15) is 17.3 Å². The van der Waals surface area contributed by atoms with Gasteiger partial charge in [-0.15, -0.1) is 0 Å². The molecule has 4 fully saturated rings. The molecular weight excluding hydrogens is 332 g/mol. The summed E-state index contributed by atoms with van der Waals surface area (Å²) in [6.45, 7) is 8.54. The van der Waals surface area contributed by atoms with Crippen molar-refractivity contribution < 1.29 is 38.7 Å². The molecule has 4 aliphatic rings. The van der Waals surface area contributed by atoms with Crippen molar-refractivity contribution >= 4 is 11.9 Å². The highest BCUT2D eigenvalue weighted by Gasteiger charge is 2.73. The van der Waals surface area contributed by atoms with Gasteiger partial charge in [0.15, 0.2) is 6.29 Å². The Hall–Kier alpha value is -1.48. The Labute approximate surface area is 145 Å². The van der Waals surface area contributed by atoms with Gasteiger partial charge in [-0.2, -0.15) is 0 Å². The maximum atomic E-state index is 12.1. The number of rotatable bonds is 4. The van der Waals surface area contributed by atoms with Crippen LogP contribution in [0.1, 0.15) is 33.6 Å². The highest BCUT2D eigenvalue weighted by atomic mass is 16.8. The van der Waals surface area contributed by atoms with Crippen LogP contribution in [0.25, 0.3) is 0 Å². The third-order valence-corrected chi connectivity index (χ3v) is 5.07. The second-order valence-electron chi connectivity index (χ2n) is 7.46. The summed E-state index contributed by atoms with van der Waals surface area (Å²) in [5.41, 5.74) is -3.16. The van der Waals surface area contributed by atoms with E-state index in [2.05, 4.69) is 6.58 Å². The van der Waals surface area contributed by atoms with E-state index in [1.165, 1.54) is 6.92 Å². The van der Waals surface area contributed by atoms with Gasteiger partial charge in [-0.25, -0.2) is 0 Å². The van der Waals surface area contributed by atoms with E-state index in [0.29, 0.717) is 0 Å². The lowest BCUT2D eigenvalue weighted by molar-refractivity contribution is -0.272. The maximum absolute atomic E-state index is 12.1. The second-order valence-corrected chi connectivity index (χ2v) is 7.46. The smallest absolute Gasteiger partial charge is 0.308 e. The monoisotopic (exact) mass is 356 g/mol. The molecule has 4 bridgehead atoms. The van der Waals surface area contributed by atoms with Crippen molar-refractivity contribution in [1.82, 2.24) is 0 Å². The van der Waals surface area contributed by atoms with Crippen molar-refractivity contribution in [3.05, 3.63) is 12.2 Å². The molecule has 8 heteroatoms. The molecule has 0 amide bonds. The van der Waals surface area contributed by atoms with Crippen LogP contribution in [-0.4, -0.2) is 58.6 Å². The number of carbonyl (C=O) groups excluding carboxylic acids is 2. The summed E-state index contributed by atoms with van der Waals surface area (Å²) >= 11 is 0. The summed E-state index contributed by atoms with van der Waals surface area (Å²) in [6, 6.07) is 0. The molecule has 0 radical (unpaired) electrons. The molecule has 0 spiro atoms. The van der Waals surface area contributed by atoms with Gasteiger partial charge >= 0.3 is 11.9 Å². The minimum absolute atomic E-state index is 0.0615. The third-order valence-electron chi connectivity index (χ3n) is 5.07. The number of hydrogen-bond acceptors (Lipinski definition) is 8. The van der Waals surface area contributed by atoms with E-state index in [1.807, 2.05) is 13.8 Å². The summed E-state index contributed by atoms with van der Waals surface area (Å²) in [5.74, 6) is -2.08. The van der Waals surface area contributed by atoms with Crippen LogP contribution in [-0.2, 0) is 28.5 Å². The van der Waals surface area contributed by atoms with Crippen LogP contribution in [0.5, 0.6) is 0 Å². The third kappa shape index (κ3) is 2.87. The number of esters is 2. The Morgan fingerprint density at radius 2 is 2.04 bits per heavy atom. The van der Waals surface area contributed by atoms with Crippen LogP contribution >= 0.6 is 0 Å². The van der Waals surface area contributed by atoms with Crippen molar-refractivity contribution in [2.75, 3.05) is 6.61 Å². The van der Waals surface area contributed by atoms with Gasteiger partial charge in [-0.1, -0.05) is 20.4 Å². The van der Waals surface area contributed by atoms with E-state index in [0.717, 1.165) is 0 Å². The molecule has 140 valence electrons. The van der Waals surface area contributed by atoms with E-state index in [1.54, 1.807) is 0 Å². The summed E-state index contributed by atoms with van der Waals surface area (Å²) in [4.78, 5) is 23.5. The largest absolute Gasteiger partial charge is 0.459 e. The number of hydrogen-bond donors (Lipinski definition) is 2. The molecule has 4 rings (SSSR count). The van der Waals surface area contributed by atoms with Gasteiger partial charge in [0.05, 0.1) is 12.5 Å². The van der Waals surface area contributed by atoms with Gasteiger partial charge in [0.2, 0.25) is 6.29 Å². The average molecular weight is 356 g/mol. The molecule has 1 aliphatic carbocycles. The first kappa shape index (κ1) is 18.3. The van der Waals surface area contributed by atoms with Crippen molar-refractivity contribution in [3.8, 4) is 0 Å². The molecular formula is C17H24O8. The summed E-state index contributed by atoms with van der Waals surface area (Å²) in [6.07, 6.45) is -3.15. The Bertz CT molecular complexity index is 601. The molecule has 3 aliphatic heterocycles. The number of carbonyl (C=O) groups is 2. The van der Waals surface area contributed by atoms with Crippen LogP contribution in [0.2, 0.25) is 0 Å². The fraction of sp³-hybridized carbons (Fsp3) is 0.765. The predicted molar refractivity (Wildman–Crippen MR) is 82.9 cm³/mol. The number of ether oxygens (including phenoxy) is 4. The molecule has 1 saturated carbocycles. The van der Waals surface area contributed by atoms with Gasteiger partial charge in [-0.05, 0) is 5.92 Å². The standard InChI is InChI=1S/C17H24O8/c1-8(2)5-12(19)24-15-13-16(20)6-11(23-10(4)18)17(13,21)7-22-14(25-15)9(16)3/h8,11,13-15,20-21H,3,5-7H2,1-2,4H3. The molecule has 6 atom stereocenters. The fourth-order valence-corrected chi connectivity index (χ4v) is 3.96. The number of aliphatic hydroxyl groups is 2. The highest BCUT2D eigenvalue weighted by molar-refractivity contribution is 5.70. The molecule has 8 nitrogen and oxygen atoms in total. The predicted octanol–water partition coefficient (Wildman–Crippen LogP) is 0.258. The SMILES string of the molecule is C=C1C2OCC3(O)C(OC(C)=O)CC1(O)C3C(OC(=O)CC(C)C)O2. The molecule has 0 aromatic heterocycles. The maximum Gasteiger partial charge on any atom is 0.308 e. The molecule has 6 unspecified atom stereocenters. The molecule has 25 heavy (non-hydrogen) atoms. The topological polar surface area (TPSA) is 112 Å². The zero-order chi connectivity index (χ0) is 18.6. The van der Waals surface area contributed by atoms with Crippen molar-refractivity contribution in [1.29, 1.82) is 0 Å². The normalized spacial score (nSPS) is 42.4. The first-order chi connectivity index (χ1) is 11.6. The molecule has 3 heterocycles. The second kappa shape index (κ2) is 6.05. The van der Waals surface area contributed by atoms with Crippen LogP contribution in [0.3, 0.4) is 0 Å². The van der Waals surface area contributed by atoms with Crippen molar-refractivity contribution in [3.63, 3.8) is 0 Å². The fourth-order valence-electron chi connectivity index (χ4n) is 3.96. The summed E-state index contributed by atoms with van der Waals surface area (Å²) < 4.78 is 21.7. The lowest BCUT2D eigenvalue weighted by Gasteiger charge is -2.43. The van der Waals surface area contributed by atoms with Crippen molar-refractivity contribution in [2.45, 2.75) is 63.5 Å². The summed E-state index contributed by atoms with van der Waals surface area (Å²) in [5, 5.41) is 22.3. The number of fused-ring (bicyclic) bond motifs is 2. The molecule has 2 N–H and O–H groups in total. The van der Waals surface area contributed by atoms with Gasteiger partial charge in [0, 0.05) is 25.3 Å². The van der Waals surface area contributed by atoms with Gasteiger partial charge < -0.3 is 29.2 Å². The molecule has 0 aromatic rings. The quantitative estimate of drug-likeness (QED) is 0.545. The lowest BCUT2D eigenvalue weighted by Crippen LogP contribution is -2.58. The summed E-state index contributed by atoms with van der Waals surface area (Å²) in [7, 11) is 0. The zero-order valence-electron chi connectivity index (χ0n) is 14.6. The van der Waals surface area contributed by atoms with E-state index in [-0.39, 0.29) is 30.9 Å². The van der Waals surface area contributed by atoms with E-state index < -0.39 is 47.7 Å². The van der Waals surface area contributed by atoms with Gasteiger partial charge in [-0.3, -0.25) is 9.59 Å². The van der Waals surface area contributed by atoms with E-state index in [9.17, 15) is 19.8 Å². The first-order valence-electron chi connectivity index (χ1n) is 8.35. The first-order valence-corrected chi connectivity index (χ1v) is 8.35. The molecule has 3 saturated heterocycles. The Kier molecular flexibility index (Phi) is 4.43. The lowest BCUT2D eigenvalue weighted by atomic mass is 9.77. The van der Waals surface area contributed by atoms with Crippen LogP contribution in [0.15, 0.2) is 12.2 Å². The molecule has 0 aromatic carbocycles. The van der Waals surface area contributed by atoms with E-state index in [4.69, 9.17) is 18.9 Å². The Morgan fingerprint density at radius 1 is 1.36 bits per heavy atom. The Morgan fingerprint density at radius 3 is 2.64 bits per heavy atom. The minimum atomic E-state index is -1.75. The van der Waals surface area contributed by atoms with Crippen LogP contribution < -0.4 is 0 Å². The van der Waals surface area contributed by atoms with Gasteiger partial charge in [0.25, 0.3) is 0 Å². The average Bonchev–Trinajstić information content (AvgIpc) is 2.56.